The summed E-state index contributed by atoms with van der Waals surface area (Å²) in [6.45, 7) is 0.394. The highest BCUT2D eigenvalue weighted by atomic mass is 19.2. The Hall–Kier alpha value is -5.18. The van der Waals surface area contributed by atoms with Gasteiger partial charge < -0.3 is 15.2 Å². The fourth-order valence-corrected chi connectivity index (χ4v) is 7.22. The van der Waals surface area contributed by atoms with Gasteiger partial charge in [-0.2, -0.15) is 0 Å². The van der Waals surface area contributed by atoms with Gasteiger partial charge in [0.2, 0.25) is 5.91 Å². The van der Waals surface area contributed by atoms with Crippen LogP contribution in [0.15, 0.2) is 91.3 Å². The highest BCUT2D eigenvalue weighted by molar-refractivity contribution is 6.06. The van der Waals surface area contributed by atoms with Gasteiger partial charge in [-0.05, 0) is 65.8 Å². The molecule has 3 aromatic carbocycles. The smallest absolute Gasteiger partial charge is 0.251 e. The van der Waals surface area contributed by atoms with Gasteiger partial charge in [-0.15, -0.1) is 0 Å². The molecule has 218 valence electrons. The molecule has 8 rings (SSSR count). The summed E-state index contributed by atoms with van der Waals surface area (Å²) < 4.78 is 31.3. The zero-order valence-electron chi connectivity index (χ0n) is 23.6. The molecule has 2 amide bonds. The van der Waals surface area contributed by atoms with E-state index >= 15 is 4.39 Å². The van der Waals surface area contributed by atoms with Crippen molar-refractivity contribution in [3.05, 3.63) is 137 Å². The van der Waals surface area contributed by atoms with E-state index < -0.39 is 29.0 Å². The zero-order valence-corrected chi connectivity index (χ0v) is 23.6. The summed E-state index contributed by atoms with van der Waals surface area (Å²) in [5.41, 5.74) is 4.64. The first kappa shape index (κ1) is 26.4. The molecular weight excluding hydrogens is 560 g/mol. The number of hydrogen-bond acceptors (Lipinski definition) is 4. The second-order valence-corrected chi connectivity index (χ2v) is 11.9. The molecule has 3 atom stereocenters. The lowest BCUT2D eigenvalue weighted by molar-refractivity contribution is -0.120. The molecule has 2 aromatic heterocycles. The van der Waals surface area contributed by atoms with Gasteiger partial charge in [-0.1, -0.05) is 54.6 Å². The van der Waals surface area contributed by atoms with Crippen molar-refractivity contribution in [2.24, 2.45) is 0 Å². The van der Waals surface area contributed by atoms with E-state index in [1.165, 1.54) is 6.07 Å². The quantitative estimate of drug-likeness (QED) is 0.275. The summed E-state index contributed by atoms with van der Waals surface area (Å²) in [6, 6.07) is 22.8. The maximum atomic E-state index is 15.0. The summed E-state index contributed by atoms with van der Waals surface area (Å²) in [5.74, 6) is -1.28. The predicted octanol–water partition coefficient (Wildman–Crippen LogP) is 5.87. The van der Waals surface area contributed by atoms with Crippen LogP contribution in [0.2, 0.25) is 0 Å². The number of pyridine rings is 1. The molecule has 3 aliphatic rings. The molecule has 0 saturated carbocycles. The first-order valence-corrected chi connectivity index (χ1v) is 14.7. The molecule has 1 spiro atoms. The largest absolute Gasteiger partial charge is 0.342 e. The summed E-state index contributed by atoms with van der Waals surface area (Å²) in [5, 5.41) is 6.05. The van der Waals surface area contributed by atoms with Crippen LogP contribution in [-0.4, -0.2) is 26.3 Å². The number of amides is 2. The molecule has 2 aliphatic heterocycles. The number of nitrogens with zero attached hydrogens (tertiary/aromatic N) is 3. The second-order valence-electron chi connectivity index (χ2n) is 11.9. The third kappa shape index (κ3) is 4.06. The fourth-order valence-electron chi connectivity index (χ4n) is 7.22. The Kier molecular flexibility index (Phi) is 5.97. The monoisotopic (exact) mass is 587 g/mol. The van der Waals surface area contributed by atoms with Crippen LogP contribution in [0.5, 0.6) is 0 Å². The molecule has 44 heavy (non-hydrogen) atoms. The topological polar surface area (TPSA) is 88.9 Å². The van der Waals surface area contributed by atoms with Crippen LogP contribution < -0.4 is 10.6 Å². The van der Waals surface area contributed by atoms with Gasteiger partial charge in [0.25, 0.3) is 5.91 Å². The van der Waals surface area contributed by atoms with Gasteiger partial charge in [-0.3, -0.25) is 9.59 Å². The molecule has 9 heteroatoms. The Balaban J connectivity index is 1.11. The number of fused-ring (bicyclic) bond motifs is 4. The molecule has 0 bridgehead atoms. The van der Waals surface area contributed by atoms with Crippen molar-refractivity contribution in [1.82, 2.24) is 19.9 Å². The standard InChI is InChI=1S/C35H27F2N5O2/c36-27-10-4-8-25(30(27)37)24-15-28(32-39-18-29(42(32)19-24)20-6-2-1-3-7-20)40-33(43)21-11-12-22-16-35(17-23(22)14-21)26-9-5-13-38-31(26)41-34(35)44/h1-14,18,24,28H,15-17,19H2,(H,40,43)(H,38,41,44)/t24-,28+,35-/m1/s1. The first-order chi connectivity index (χ1) is 21.4. The Morgan fingerprint density at radius 3 is 2.66 bits per heavy atom. The van der Waals surface area contributed by atoms with E-state index in [9.17, 15) is 14.0 Å². The van der Waals surface area contributed by atoms with E-state index in [1.807, 2.05) is 59.2 Å². The van der Waals surface area contributed by atoms with Crippen molar-refractivity contribution in [3.63, 3.8) is 0 Å². The number of nitrogens with one attached hydrogen (secondary N) is 2. The Labute approximate surface area is 252 Å². The van der Waals surface area contributed by atoms with Crippen LogP contribution in [0.4, 0.5) is 14.6 Å². The fraction of sp³-hybridized carbons (Fsp3) is 0.200. The number of hydrogen-bond donors (Lipinski definition) is 2. The number of aromatic nitrogens is 3. The number of imidazole rings is 1. The Bertz CT molecular complexity index is 1970. The van der Waals surface area contributed by atoms with E-state index in [1.54, 1.807) is 24.5 Å². The normalized spacial score (nSPS) is 21.5. The average molecular weight is 588 g/mol. The summed E-state index contributed by atoms with van der Waals surface area (Å²) in [6.07, 6.45) is 4.80. The van der Waals surface area contributed by atoms with Gasteiger partial charge in [0.05, 0.1) is 23.3 Å². The highest BCUT2D eigenvalue weighted by Crippen LogP contribution is 2.47. The molecule has 0 unspecified atom stereocenters. The minimum Gasteiger partial charge on any atom is -0.342 e. The minimum atomic E-state index is -0.895. The lowest BCUT2D eigenvalue weighted by Gasteiger charge is -2.32. The second kappa shape index (κ2) is 9.94. The molecule has 0 fully saturated rings. The molecular formula is C35H27F2N5O2. The van der Waals surface area contributed by atoms with Crippen molar-refractivity contribution < 1.29 is 18.4 Å². The molecule has 0 saturated heterocycles. The lowest BCUT2D eigenvalue weighted by Crippen LogP contribution is -2.36. The van der Waals surface area contributed by atoms with Crippen LogP contribution >= 0.6 is 0 Å². The summed E-state index contributed by atoms with van der Waals surface area (Å²) in [7, 11) is 0. The van der Waals surface area contributed by atoms with Gasteiger partial charge in [0.15, 0.2) is 11.6 Å². The molecule has 1 aliphatic carbocycles. The molecule has 7 nitrogen and oxygen atoms in total. The Morgan fingerprint density at radius 2 is 1.80 bits per heavy atom. The number of benzene rings is 3. The molecule has 2 N–H and O–H groups in total. The maximum absolute atomic E-state index is 15.0. The number of carbonyl (C=O) groups is 2. The van der Waals surface area contributed by atoms with Crippen molar-refractivity contribution >= 4 is 17.6 Å². The van der Waals surface area contributed by atoms with Crippen molar-refractivity contribution in [3.8, 4) is 11.3 Å². The van der Waals surface area contributed by atoms with Crippen molar-refractivity contribution in [2.75, 3.05) is 5.32 Å². The van der Waals surface area contributed by atoms with E-state index in [-0.39, 0.29) is 17.4 Å². The molecule has 4 heterocycles. The first-order valence-electron chi connectivity index (χ1n) is 14.7. The summed E-state index contributed by atoms with van der Waals surface area (Å²) >= 11 is 0. The van der Waals surface area contributed by atoms with Crippen molar-refractivity contribution in [1.29, 1.82) is 0 Å². The number of carbonyl (C=O) groups excluding carboxylic acids is 2. The van der Waals surface area contributed by atoms with Gasteiger partial charge >= 0.3 is 0 Å². The van der Waals surface area contributed by atoms with Crippen LogP contribution in [0.3, 0.4) is 0 Å². The van der Waals surface area contributed by atoms with Crippen molar-refractivity contribution in [2.45, 2.75) is 43.2 Å². The lowest BCUT2D eigenvalue weighted by atomic mass is 9.79. The number of halogens is 2. The zero-order chi connectivity index (χ0) is 30.0. The van der Waals surface area contributed by atoms with Gasteiger partial charge in [0, 0.05) is 29.8 Å². The third-order valence-electron chi connectivity index (χ3n) is 9.36. The number of anilines is 1. The van der Waals surface area contributed by atoms with E-state index in [0.29, 0.717) is 43.0 Å². The van der Waals surface area contributed by atoms with Crippen LogP contribution in [0.1, 0.15) is 56.8 Å². The highest BCUT2D eigenvalue weighted by Gasteiger charge is 2.51. The number of rotatable bonds is 4. The third-order valence-corrected chi connectivity index (χ3v) is 9.36. The van der Waals surface area contributed by atoms with Gasteiger partial charge in [-0.25, -0.2) is 18.7 Å². The molecule has 5 aromatic rings. The van der Waals surface area contributed by atoms with E-state index in [4.69, 9.17) is 4.98 Å². The van der Waals surface area contributed by atoms with Crippen LogP contribution in [0.25, 0.3) is 11.3 Å². The Morgan fingerprint density at radius 1 is 0.955 bits per heavy atom. The van der Waals surface area contributed by atoms with Crippen LogP contribution in [-0.2, 0) is 29.6 Å². The predicted molar refractivity (Wildman–Crippen MR) is 160 cm³/mol. The van der Waals surface area contributed by atoms with Gasteiger partial charge in [0.1, 0.15) is 11.6 Å². The minimum absolute atomic E-state index is 0.0766. The van der Waals surface area contributed by atoms with E-state index in [2.05, 4.69) is 15.6 Å². The van der Waals surface area contributed by atoms with E-state index in [0.717, 1.165) is 34.0 Å². The summed E-state index contributed by atoms with van der Waals surface area (Å²) in [4.78, 5) is 35.9. The van der Waals surface area contributed by atoms with Crippen LogP contribution in [0, 0.1) is 11.6 Å². The average Bonchev–Trinajstić information content (AvgIpc) is 3.72. The SMILES string of the molecule is O=C(N[C@H]1C[C@@H](c2cccc(F)c2F)Cn2c(-c3ccccc3)cnc21)c1ccc2c(c1)C[C@@]1(C2)C(=O)Nc2ncccc21. The molecule has 0 radical (unpaired) electrons. The maximum Gasteiger partial charge on any atom is 0.251 e.